The Hall–Kier alpha value is -1.82. The first kappa shape index (κ1) is 10.7. The largest absolute Gasteiger partial charge is 0.382 e. The van der Waals surface area contributed by atoms with Crippen LogP contribution in [0.3, 0.4) is 0 Å². The number of hydrogen-bond donors (Lipinski definition) is 1. The van der Waals surface area contributed by atoms with Crippen LogP contribution >= 0.6 is 0 Å². The third kappa shape index (κ3) is 1.92. The highest BCUT2D eigenvalue weighted by molar-refractivity contribution is 7.89. The highest BCUT2D eigenvalue weighted by atomic mass is 32.2. The van der Waals surface area contributed by atoms with E-state index in [1.807, 2.05) is 18.2 Å². The summed E-state index contributed by atoms with van der Waals surface area (Å²) in [5, 5.41) is 3.76. The fourth-order valence-electron chi connectivity index (χ4n) is 1.44. The Labute approximate surface area is 93.6 Å². The second-order valence-electron chi connectivity index (χ2n) is 3.43. The maximum absolute atomic E-state index is 11.5. The van der Waals surface area contributed by atoms with Gasteiger partial charge in [0, 0.05) is 11.6 Å². The molecule has 1 heterocycles. The molecule has 16 heavy (non-hydrogen) atoms. The standard InChI is InChI=1S/C10H11N3O2S/c1-16(14,15)13-9(7-10(11)12-13)8-5-3-2-4-6-8/h2-7H,1H3,(H2,11,12). The molecule has 0 bridgehead atoms. The molecule has 84 valence electrons. The van der Waals surface area contributed by atoms with E-state index in [2.05, 4.69) is 5.10 Å². The molecule has 0 amide bonds. The Morgan fingerprint density at radius 3 is 2.44 bits per heavy atom. The Kier molecular flexibility index (Phi) is 2.43. The van der Waals surface area contributed by atoms with Crippen LogP contribution in [0, 0.1) is 0 Å². The molecule has 0 atom stereocenters. The van der Waals surface area contributed by atoms with Crippen LogP contribution < -0.4 is 5.73 Å². The van der Waals surface area contributed by atoms with Crippen molar-refractivity contribution in [2.45, 2.75) is 0 Å². The van der Waals surface area contributed by atoms with Crippen molar-refractivity contribution < 1.29 is 8.42 Å². The maximum atomic E-state index is 11.5. The molecule has 0 aliphatic carbocycles. The summed E-state index contributed by atoms with van der Waals surface area (Å²) in [6.45, 7) is 0. The van der Waals surface area contributed by atoms with Crippen molar-refractivity contribution in [1.82, 2.24) is 9.19 Å². The van der Waals surface area contributed by atoms with Gasteiger partial charge in [-0.15, -0.1) is 5.10 Å². The van der Waals surface area contributed by atoms with Gasteiger partial charge in [-0.2, -0.15) is 4.09 Å². The number of benzene rings is 1. The van der Waals surface area contributed by atoms with Crippen LogP contribution in [0.1, 0.15) is 0 Å². The summed E-state index contributed by atoms with van der Waals surface area (Å²) in [5.41, 5.74) is 6.75. The second-order valence-corrected chi connectivity index (χ2v) is 5.24. The van der Waals surface area contributed by atoms with Crippen molar-refractivity contribution in [3.05, 3.63) is 36.4 Å². The number of anilines is 1. The van der Waals surface area contributed by atoms with Crippen molar-refractivity contribution in [2.24, 2.45) is 0 Å². The van der Waals surface area contributed by atoms with Gasteiger partial charge in [-0.3, -0.25) is 0 Å². The number of aromatic nitrogens is 2. The zero-order valence-electron chi connectivity index (χ0n) is 8.66. The molecule has 5 nitrogen and oxygen atoms in total. The minimum Gasteiger partial charge on any atom is -0.382 e. The fraction of sp³-hybridized carbons (Fsp3) is 0.100. The van der Waals surface area contributed by atoms with Gasteiger partial charge < -0.3 is 5.73 Å². The zero-order chi connectivity index (χ0) is 11.8. The molecule has 1 aromatic heterocycles. The zero-order valence-corrected chi connectivity index (χ0v) is 9.48. The third-order valence-corrected chi connectivity index (χ3v) is 2.99. The maximum Gasteiger partial charge on any atom is 0.251 e. The highest BCUT2D eigenvalue weighted by Gasteiger charge is 2.15. The minimum atomic E-state index is -3.44. The molecule has 0 saturated carbocycles. The summed E-state index contributed by atoms with van der Waals surface area (Å²) in [7, 11) is -3.44. The van der Waals surface area contributed by atoms with E-state index < -0.39 is 10.0 Å². The average Bonchev–Trinajstić information content (AvgIpc) is 2.61. The van der Waals surface area contributed by atoms with E-state index in [-0.39, 0.29) is 5.82 Å². The summed E-state index contributed by atoms with van der Waals surface area (Å²) in [5.74, 6) is 0.185. The number of nitrogens with two attached hydrogens (primary N) is 1. The van der Waals surface area contributed by atoms with Gasteiger partial charge in [0.2, 0.25) is 0 Å². The van der Waals surface area contributed by atoms with Gasteiger partial charge in [0.25, 0.3) is 10.0 Å². The number of nitrogen functional groups attached to an aromatic ring is 1. The van der Waals surface area contributed by atoms with E-state index in [0.29, 0.717) is 5.69 Å². The van der Waals surface area contributed by atoms with E-state index in [4.69, 9.17) is 5.73 Å². The van der Waals surface area contributed by atoms with Crippen LogP contribution in [0.15, 0.2) is 36.4 Å². The lowest BCUT2D eigenvalue weighted by molar-refractivity contribution is 0.587. The normalized spacial score (nSPS) is 11.6. The van der Waals surface area contributed by atoms with Gasteiger partial charge in [0.15, 0.2) is 0 Å². The van der Waals surface area contributed by atoms with Gasteiger partial charge in [0.05, 0.1) is 11.9 Å². The molecule has 2 N–H and O–H groups in total. The van der Waals surface area contributed by atoms with Crippen molar-refractivity contribution in [3.8, 4) is 11.3 Å². The van der Waals surface area contributed by atoms with Crippen molar-refractivity contribution >= 4 is 15.8 Å². The first-order valence-electron chi connectivity index (χ1n) is 4.60. The molecule has 0 radical (unpaired) electrons. The lowest BCUT2D eigenvalue weighted by atomic mass is 10.2. The second kappa shape index (κ2) is 3.64. The Morgan fingerprint density at radius 1 is 1.25 bits per heavy atom. The monoisotopic (exact) mass is 237 g/mol. The van der Waals surface area contributed by atoms with Crippen LogP contribution in [-0.2, 0) is 10.0 Å². The Bertz CT molecular complexity index is 602. The van der Waals surface area contributed by atoms with Gasteiger partial charge in [-0.1, -0.05) is 30.3 Å². The lowest BCUT2D eigenvalue weighted by Crippen LogP contribution is -2.13. The molecule has 0 unspecified atom stereocenters. The molecule has 2 rings (SSSR count). The molecular formula is C10H11N3O2S. The van der Waals surface area contributed by atoms with E-state index in [1.165, 1.54) is 6.07 Å². The predicted molar refractivity (Wildman–Crippen MR) is 62.3 cm³/mol. The van der Waals surface area contributed by atoms with Crippen LogP contribution in [0.25, 0.3) is 11.3 Å². The molecular weight excluding hydrogens is 226 g/mol. The Balaban J connectivity index is 2.67. The molecule has 0 spiro atoms. The molecule has 0 aliphatic rings. The molecule has 0 aliphatic heterocycles. The van der Waals surface area contributed by atoms with Gasteiger partial charge in [-0.05, 0) is 0 Å². The lowest BCUT2D eigenvalue weighted by Gasteiger charge is -2.03. The van der Waals surface area contributed by atoms with E-state index in [9.17, 15) is 8.42 Å². The summed E-state index contributed by atoms with van der Waals surface area (Å²) < 4.78 is 23.9. The Morgan fingerprint density at radius 2 is 1.88 bits per heavy atom. The van der Waals surface area contributed by atoms with Crippen LogP contribution in [0.5, 0.6) is 0 Å². The molecule has 1 aromatic carbocycles. The summed E-state index contributed by atoms with van der Waals surface area (Å²) in [6, 6.07) is 10.6. The average molecular weight is 237 g/mol. The fourth-order valence-corrected chi connectivity index (χ4v) is 2.20. The highest BCUT2D eigenvalue weighted by Crippen LogP contribution is 2.22. The van der Waals surface area contributed by atoms with E-state index in [0.717, 1.165) is 15.9 Å². The molecule has 2 aromatic rings. The van der Waals surface area contributed by atoms with Gasteiger partial charge >= 0.3 is 0 Å². The van der Waals surface area contributed by atoms with Crippen LogP contribution in [0.2, 0.25) is 0 Å². The van der Waals surface area contributed by atoms with Crippen LogP contribution in [-0.4, -0.2) is 23.9 Å². The topological polar surface area (TPSA) is 78.0 Å². The number of nitrogens with zero attached hydrogens (tertiary/aromatic N) is 2. The molecule has 0 fully saturated rings. The van der Waals surface area contributed by atoms with Crippen molar-refractivity contribution in [2.75, 3.05) is 12.0 Å². The van der Waals surface area contributed by atoms with Crippen molar-refractivity contribution in [3.63, 3.8) is 0 Å². The number of hydrogen-bond acceptors (Lipinski definition) is 4. The third-order valence-electron chi connectivity index (χ3n) is 2.08. The summed E-state index contributed by atoms with van der Waals surface area (Å²) in [6.07, 6.45) is 1.09. The minimum absolute atomic E-state index is 0.185. The SMILES string of the molecule is CS(=O)(=O)n1nc(N)cc1-c1ccccc1. The first-order valence-corrected chi connectivity index (χ1v) is 6.45. The van der Waals surface area contributed by atoms with Gasteiger partial charge in [-0.25, -0.2) is 8.42 Å². The molecule has 0 saturated heterocycles. The smallest absolute Gasteiger partial charge is 0.251 e. The predicted octanol–water partition coefficient (Wildman–Crippen LogP) is 0.940. The number of rotatable bonds is 2. The van der Waals surface area contributed by atoms with E-state index in [1.54, 1.807) is 12.1 Å². The van der Waals surface area contributed by atoms with Gasteiger partial charge in [0.1, 0.15) is 5.82 Å². The van der Waals surface area contributed by atoms with E-state index >= 15 is 0 Å². The molecule has 6 heteroatoms. The summed E-state index contributed by atoms with van der Waals surface area (Å²) >= 11 is 0. The van der Waals surface area contributed by atoms with Crippen LogP contribution in [0.4, 0.5) is 5.82 Å². The summed E-state index contributed by atoms with van der Waals surface area (Å²) in [4.78, 5) is 0. The van der Waals surface area contributed by atoms with Crippen molar-refractivity contribution in [1.29, 1.82) is 0 Å². The quantitative estimate of drug-likeness (QED) is 0.843. The first-order chi connectivity index (χ1) is 7.48.